The minimum Gasteiger partial charge on any atom is -0.501 e. The van der Waals surface area contributed by atoms with E-state index in [2.05, 4.69) is 18.5 Å². The zero-order chi connectivity index (χ0) is 12.6. The first-order chi connectivity index (χ1) is 8.92. The van der Waals surface area contributed by atoms with Gasteiger partial charge in [-0.15, -0.1) is 0 Å². The van der Waals surface area contributed by atoms with E-state index in [-0.39, 0.29) is 0 Å². The van der Waals surface area contributed by atoms with Crippen LogP contribution in [-0.4, -0.2) is 19.2 Å². The predicted octanol–water partition coefficient (Wildman–Crippen LogP) is 4.02. The average Bonchev–Trinajstić information content (AvgIpc) is 2.38. The van der Waals surface area contributed by atoms with Crippen LogP contribution >= 0.6 is 0 Å². The second-order valence-corrected chi connectivity index (χ2v) is 5.81. The maximum absolute atomic E-state index is 5.55. The standard InChI is InChI=1S/C16H29NO/c1-2-17-16(15-11-8-12-18-13-15)14-9-6-4-3-5-7-10-14/h13-14,16-17H,2-12H2,1H3. The Bertz CT molecular complexity index is 254. The maximum atomic E-state index is 5.55. The Kier molecular flexibility index (Phi) is 6.06. The Morgan fingerprint density at radius 2 is 1.89 bits per heavy atom. The van der Waals surface area contributed by atoms with Gasteiger partial charge in [0, 0.05) is 6.04 Å². The molecule has 1 aliphatic carbocycles. The number of likely N-dealkylation sites (N-methyl/N-ethyl adjacent to an activating group) is 1. The molecular weight excluding hydrogens is 222 g/mol. The Hall–Kier alpha value is -0.500. The summed E-state index contributed by atoms with van der Waals surface area (Å²) in [4.78, 5) is 0. The molecule has 1 aliphatic heterocycles. The van der Waals surface area contributed by atoms with Gasteiger partial charge in [-0.05, 0) is 43.7 Å². The third-order valence-corrected chi connectivity index (χ3v) is 4.41. The Morgan fingerprint density at radius 1 is 1.17 bits per heavy atom. The molecule has 1 N–H and O–H groups in total. The third kappa shape index (κ3) is 4.01. The van der Waals surface area contributed by atoms with Gasteiger partial charge in [-0.1, -0.05) is 39.0 Å². The van der Waals surface area contributed by atoms with Crippen LogP contribution in [0.25, 0.3) is 0 Å². The van der Waals surface area contributed by atoms with E-state index in [4.69, 9.17) is 4.74 Å². The molecule has 2 aliphatic rings. The van der Waals surface area contributed by atoms with Crippen molar-refractivity contribution < 1.29 is 4.74 Å². The maximum Gasteiger partial charge on any atom is 0.0876 e. The molecule has 0 aromatic rings. The highest BCUT2D eigenvalue weighted by molar-refractivity contribution is 5.12. The van der Waals surface area contributed by atoms with Crippen LogP contribution in [0.4, 0.5) is 0 Å². The molecule has 1 heterocycles. The summed E-state index contributed by atoms with van der Waals surface area (Å²) < 4.78 is 5.55. The smallest absolute Gasteiger partial charge is 0.0876 e. The molecule has 104 valence electrons. The lowest BCUT2D eigenvalue weighted by atomic mass is 9.81. The summed E-state index contributed by atoms with van der Waals surface area (Å²) >= 11 is 0. The first kappa shape index (κ1) is 13.9. The predicted molar refractivity (Wildman–Crippen MR) is 76.5 cm³/mol. The highest BCUT2D eigenvalue weighted by Crippen LogP contribution is 2.30. The quantitative estimate of drug-likeness (QED) is 0.815. The van der Waals surface area contributed by atoms with Crippen LogP contribution in [0.5, 0.6) is 0 Å². The first-order valence-electron chi connectivity index (χ1n) is 7.95. The Balaban J connectivity index is 1.99. The van der Waals surface area contributed by atoms with Crippen molar-refractivity contribution >= 4 is 0 Å². The van der Waals surface area contributed by atoms with Crippen LogP contribution in [0.1, 0.15) is 64.7 Å². The molecule has 0 amide bonds. The molecule has 2 heteroatoms. The van der Waals surface area contributed by atoms with Gasteiger partial charge < -0.3 is 10.1 Å². The Labute approximate surface area is 112 Å². The number of nitrogens with one attached hydrogen (secondary N) is 1. The third-order valence-electron chi connectivity index (χ3n) is 4.41. The fraction of sp³-hybridized carbons (Fsp3) is 0.875. The molecule has 1 saturated carbocycles. The van der Waals surface area contributed by atoms with Gasteiger partial charge in [0.05, 0.1) is 12.9 Å². The summed E-state index contributed by atoms with van der Waals surface area (Å²) in [7, 11) is 0. The van der Waals surface area contributed by atoms with Crippen molar-refractivity contribution in [2.45, 2.75) is 70.8 Å². The summed E-state index contributed by atoms with van der Waals surface area (Å²) in [6, 6.07) is 0.577. The van der Waals surface area contributed by atoms with E-state index in [0.29, 0.717) is 6.04 Å². The molecule has 1 fully saturated rings. The van der Waals surface area contributed by atoms with Crippen molar-refractivity contribution in [3.05, 3.63) is 11.8 Å². The van der Waals surface area contributed by atoms with E-state index in [1.54, 1.807) is 0 Å². The molecule has 0 spiro atoms. The lowest BCUT2D eigenvalue weighted by molar-refractivity contribution is 0.209. The van der Waals surface area contributed by atoms with E-state index in [1.807, 2.05) is 0 Å². The summed E-state index contributed by atoms with van der Waals surface area (Å²) in [5.41, 5.74) is 1.52. The molecular formula is C16H29NO. The highest BCUT2D eigenvalue weighted by atomic mass is 16.5. The minimum atomic E-state index is 0.577. The second kappa shape index (κ2) is 7.83. The molecule has 2 nitrogen and oxygen atoms in total. The van der Waals surface area contributed by atoms with Crippen LogP contribution in [0, 0.1) is 5.92 Å². The Morgan fingerprint density at radius 3 is 2.50 bits per heavy atom. The summed E-state index contributed by atoms with van der Waals surface area (Å²) in [5, 5.41) is 3.72. The van der Waals surface area contributed by atoms with Crippen LogP contribution < -0.4 is 5.32 Å². The zero-order valence-corrected chi connectivity index (χ0v) is 11.9. The molecule has 2 rings (SSSR count). The van der Waals surface area contributed by atoms with Gasteiger partial charge >= 0.3 is 0 Å². The number of rotatable bonds is 4. The van der Waals surface area contributed by atoms with Gasteiger partial charge in [-0.2, -0.15) is 0 Å². The first-order valence-corrected chi connectivity index (χ1v) is 7.95. The van der Waals surface area contributed by atoms with Crippen molar-refractivity contribution in [2.24, 2.45) is 5.92 Å². The monoisotopic (exact) mass is 251 g/mol. The fourth-order valence-corrected chi connectivity index (χ4v) is 3.45. The molecule has 18 heavy (non-hydrogen) atoms. The van der Waals surface area contributed by atoms with Gasteiger partial charge in [0.2, 0.25) is 0 Å². The molecule has 1 unspecified atom stereocenters. The molecule has 0 aromatic carbocycles. The molecule has 0 saturated heterocycles. The summed E-state index contributed by atoms with van der Waals surface area (Å²) in [6.07, 6.45) is 14.4. The SMILES string of the molecule is CCNC(C1=COCCC1)C1CCCCCCC1. The van der Waals surface area contributed by atoms with Crippen molar-refractivity contribution in [1.29, 1.82) is 0 Å². The van der Waals surface area contributed by atoms with Gasteiger partial charge in [0.15, 0.2) is 0 Å². The van der Waals surface area contributed by atoms with Gasteiger partial charge in [0.25, 0.3) is 0 Å². The minimum absolute atomic E-state index is 0.577. The lowest BCUT2D eigenvalue weighted by Crippen LogP contribution is -2.39. The van der Waals surface area contributed by atoms with E-state index < -0.39 is 0 Å². The zero-order valence-electron chi connectivity index (χ0n) is 11.9. The van der Waals surface area contributed by atoms with Gasteiger partial charge in [-0.3, -0.25) is 0 Å². The fourth-order valence-electron chi connectivity index (χ4n) is 3.45. The molecule has 0 aromatic heterocycles. The second-order valence-electron chi connectivity index (χ2n) is 5.81. The van der Waals surface area contributed by atoms with Crippen molar-refractivity contribution in [2.75, 3.05) is 13.2 Å². The van der Waals surface area contributed by atoms with Gasteiger partial charge in [0.1, 0.15) is 0 Å². The van der Waals surface area contributed by atoms with E-state index >= 15 is 0 Å². The number of hydrogen-bond donors (Lipinski definition) is 1. The van der Waals surface area contributed by atoms with Crippen LogP contribution in [0.2, 0.25) is 0 Å². The normalized spacial score (nSPS) is 24.6. The van der Waals surface area contributed by atoms with E-state index in [0.717, 1.165) is 19.1 Å². The van der Waals surface area contributed by atoms with E-state index in [9.17, 15) is 0 Å². The lowest BCUT2D eigenvalue weighted by Gasteiger charge is -2.32. The van der Waals surface area contributed by atoms with Gasteiger partial charge in [-0.25, -0.2) is 0 Å². The molecule has 0 radical (unpaired) electrons. The van der Waals surface area contributed by atoms with E-state index in [1.165, 1.54) is 63.4 Å². The summed E-state index contributed by atoms with van der Waals surface area (Å²) in [6.45, 7) is 4.20. The van der Waals surface area contributed by atoms with Crippen molar-refractivity contribution in [1.82, 2.24) is 5.32 Å². The molecule has 1 atom stereocenters. The van der Waals surface area contributed by atoms with Crippen molar-refractivity contribution in [3.8, 4) is 0 Å². The van der Waals surface area contributed by atoms with Crippen molar-refractivity contribution in [3.63, 3.8) is 0 Å². The number of ether oxygens (including phenoxy) is 1. The average molecular weight is 251 g/mol. The van der Waals surface area contributed by atoms with Crippen LogP contribution in [-0.2, 0) is 4.74 Å². The van der Waals surface area contributed by atoms with Crippen LogP contribution in [0.15, 0.2) is 11.8 Å². The van der Waals surface area contributed by atoms with Crippen LogP contribution in [0.3, 0.4) is 0 Å². The highest BCUT2D eigenvalue weighted by Gasteiger charge is 2.25. The topological polar surface area (TPSA) is 21.3 Å². The molecule has 0 bridgehead atoms. The largest absolute Gasteiger partial charge is 0.501 e. The number of hydrogen-bond acceptors (Lipinski definition) is 2. The summed E-state index contributed by atoms with van der Waals surface area (Å²) in [5.74, 6) is 0.832.